The number of pyridine rings is 2. The number of fused-ring (bicyclic) bond motifs is 3. The molecule has 5 heteroatoms. The second-order valence-electron chi connectivity index (χ2n) is 10.4. The molecule has 8 aromatic rings. The fourth-order valence-corrected chi connectivity index (χ4v) is 6.59. The molecule has 0 radical (unpaired) electrons. The highest BCUT2D eigenvalue weighted by atomic mass is 15.1. The van der Waals surface area contributed by atoms with Crippen molar-refractivity contribution in [2.75, 3.05) is 0 Å². The van der Waals surface area contributed by atoms with E-state index in [-0.39, 0.29) is 0 Å². The Labute approximate surface area is 229 Å². The zero-order valence-electron chi connectivity index (χ0n) is 21.6. The largest absolute Gasteiger partial charge is 0.294 e. The number of hydrogen-bond donors (Lipinski definition) is 0. The van der Waals surface area contributed by atoms with Gasteiger partial charge in [-0.15, -0.1) is 0 Å². The van der Waals surface area contributed by atoms with Gasteiger partial charge < -0.3 is 0 Å². The molecular weight excluding hydrogens is 490 g/mol. The van der Waals surface area contributed by atoms with Gasteiger partial charge in [0.25, 0.3) is 0 Å². The van der Waals surface area contributed by atoms with Crippen molar-refractivity contribution < 1.29 is 0 Å². The minimum atomic E-state index is 0.865. The van der Waals surface area contributed by atoms with Crippen molar-refractivity contribution in [1.82, 2.24) is 23.9 Å². The molecule has 0 saturated heterocycles. The molecule has 0 amide bonds. The van der Waals surface area contributed by atoms with Crippen molar-refractivity contribution in [3.63, 3.8) is 0 Å². The number of imidazole rings is 1. The summed E-state index contributed by atoms with van der Waals surface area (Å²) >= 11 is 0. The number of aryl methyl sites for hydroxylation is 1. The minimum absolute atomic E-state index is 0.865. The van der Waals surface area contributed by atoms with Gasteiger partial charge >= 0.3 is 0 Å². The van der Waals surface area contributed by atoms with Crippen molar-refractivity contribution in [2.24, 2.45) is 0 Å². The highest BCUT2D eigenvalue weighted by molar-refractivity contribution is 6.19. The van der Waals surface area contributed by atoms with Crippen LogP contribution in [0.1, 0.15) is 12.0 Å². The molecule has 3 aromatic carbocycles. The van der Waals surface area contributed by atoms with Crippen LogP contribution in [-0.2, 0) is 6.42 Å². The molecule has 0 aliphatic heterocycles. The number of benzene rings is 3. The second kappa shape index (κ2) is 8.10. The average molecular weight is 514 g/mol. The van der Waals surface area contributed by atoms with Gasteiger partial charge in [0, 0.05) is 27.9 Å². The van der Waals surface area contributed by atoms with Gasteiger partial charge in [0.2, 0.25) is 0 Å². The predicted molar refractivity (Wildman–Crippen MR) is 162 cm³/mol. The smallest absolute Gasteiger partial charge is 0.164 e. The first-order chi connectivity index (χ1) is 19.9. The second-order valence-corrected chi connectivity index (χ2v) is 10.4. The third-order valence-corrected chi connectivity index (χ3v) is 8.22. The summed E-state index contributed by atoms with van der Waals surface area (Å²) in [5.74, 6) is 1.79. The first-order valence-electron chi connectivity index (χ1n) is 13.7. The first-order valence-corrected chi connectivity index (χ1v) is 13.7. The van der Waals surface area contributed by atoms with E-state index in [0.29, 0.717) is 0 Å². The summed E-state index contributed by atoms with van der Waals surface area (Å²) in [6, 6.07) is 35.9. The molecule has 1 aliphatic rings. The van der Waals surface area contributed by atoms with Crippen LogP contribution >= 0.6 is 0 Å². The van der Waals surface area contributed by atoms with E-state index in [1.54, 1.807) is 0 Å². The summed E-state index contributed by atoms with van der Waals surface area (Å²) in [6.45, 7) is 0. The summed E-state index contributed by atoms with van der Waals surface area (Å²) in [4.78, 5) is 15.1. The molecular formula is C35H23N5. The maximum absolute atomic E-state index is 5.19. The monoisotopic (exact) mass is 513 g/mol. The number of hydrogen-bond acceptors (Lipinski definition) is 3. The lowest BCUT2D eigenvalue weighted by atomic mass is 9.97. The van der Waals surface area contributed by atoms with Gasteiger partial charge in [-0.05, 0) is 60.9 Å². The Morgan fingerprint density at radius 3 is 2.40 bits per heavy atom. The van der Waals surface area contributed by atoms with Gasteiger partial charge in [-0.2, -0.15) is 0 Å². The fourth-order valence-electron chi connectivity index (χ4n) is 6.59. The van der Waals surface area contributed by atoms with Crippen LogP contribution in [0.25, 0.3) is 72.9 Å². The predicted octanol–water partition coefficient (Wildman–Crippen LogP) is 7.15. The van der Waals surface area contributed by atoms with Gasteiger partial charge in [-0.25, -0.2) is 9.97 Å². The Balaban J connectivity index is 1.48. The Bertz CT molecular complexity index is 2310. The average Bonchev–Trinajstić information content (AvgIpc) is 3.54. The third-order valence-electron chi connectivity index (χ3n) is 8.22. The molecule has 1 aliphatic carbocycles. The zero-order valence-corrected chi connectivity index (χ0v) is 21.6. The van der Waals surface area contributed by atoms with Crippen LogP contribution in [0.4, 0.5) is 0 Å². The van der Waals surface area contributed by atoms with E-state index >= 15 is 0 Å². The summed E-state index contributed by atoms with van der Waals surface area (Å²) < 4.78 is 4.68. The van der Waals surface area contributed by atoms with Crippen molar-refractivity contribution >= 4 is 44.3 Å². The summed E-state index contributed by atoms with van der Waals surface area (Å²) in [5, 5.41) is 5.01. The molecule has 0 fully saturated rings. The minimum Gasteiger partial charge on any atom is -0.294 e. The number of rotatable bonds is 3. The molecule has 0 spiro atoms. The van der Waals surface area contributed by atoms with Crippen molar-refractivity contribution in [2.45, 2.75) is 12.8 Å². The maximum atomic E-state index is 5.19. The lowest BCUT2D eigenvalue weighted by Gasteiger charge is -2.12. The van der Waals surface area contributed by atoms with Crippen LogP contribution in [0.15, 0.2) is 109 Å². The molecule has 0 saturated carbocycles. The van der Waals surface area contributed by atoms with Crippen LogP contribution < -0.4 is 5.35 Å². The summed E-state index contributed by atoms with van der Waals surface area (Å²) in [5.41, 5.74) is 8.74. The van der Waals surface area contributed by atoms with Gasteiger partial charge in [-0.1, -0.05) is 66.7 Å². The molecule has 9 rings (SSSR count). The number of para-hydroxylation sites is 1. The third kappa shape index (κ3) is 2.89. The maximum Gasteiger partial charge on any atom is 0.164 e. The van der Waals surface area contributed by atoms with Crippen molar-refractivity contribution in [3.8, 4) is 28.6 Å². The van der Waals surface area contributed by atoms with E-state index < -0.39 is 0 Å². The zero-order chi connectivity index (χ0) is 26.2. The highest BCUT2D eigenvalue weighted by Crippen LogP contribution is 2.39. The van der Waals surface area contributed by atoms with Gasteiger partial charge in [0.05, 0.1) is 33.1 Å². The number of nitrogens with zero attached hydrogens (tertiary/aromatic N) is 5. The molecule has 5 aromatic heterocycles. The lowest BCUT2D eigenvalue weighted by Crippen LogP contribution is -2.19. The lowest BCUT2D eigenvalue weighted by molar-refractivity contribution is 0.976. The van der Waals surface area contributed by atoms with Crippen molar-refractivity contribution in [3.05, 3.63) is 120 Å². The van der Waals surface area contributed by atoms with E-state index in [1.807, 2.05) is 30.5 Å². The van der Waals surface area contributed by atoms with Crippen LogP contribution in [0.3, 0.4) is 0 Å². The normalized spacial score (nSPS) is 13.0. The molecule has 0 unspecified atom stereocenters. The Hall–Kier alpha value is -5.29. The van der Waals surface area contributed by atoms with Gasteiger partial charge in [0.15, 0.2) is 5.82 Å². The van der Waals surface area contributed by atoms with Crippen LogP contribution in [0.2, 0.25) is 0 Å². The number of aromatic nitrogens is 5. The van der Waals surface area contributed by atoms with E-state index in [4.69, 9.17) is 15.0 Å². The van der Waals surface area contributed by atoms with Gasteiger partial charge in [0.1, 0.15) is 11.5 Å². The van der Waals surface area contributed by atoms with Gasteiger partial charge in [-0.3, -0.25) is 14.0 Å². The quantitative estimate of drug-likeness (QED) is 0.252. The molecule has 5 nitrogen and oxygen atoms in total. The van der Waals surface area contributed by atoms with E-state index in [2.05, 4.69) is 93.9 Å². The van der Waals surface area contributed by atoms with E-state index in [9.17, 15) is 0 Å². The summed E-state index contributed by atoms with van der Waals surface area (Å²) in [7, 11) is 0. The van der Waals surface area contributed by atoms with Crippen molar-refractivity contribution in [1.29, 1.82) is 0 Å². The standard InChI is InChI=1S/C35H23N5/c1-2-10-22(11-3-1)25-15-9-18-31(37-25)39-29-17-8-13-24-23-12-4-5-16-28(23)40-34-26(19-20-30(39)33(34)32(24)29)38-35(40)27-14-6-7-21-36-27/h1-7,9-12,14-21H,8,13H2. The Morgan fingerprint density at radius 2 is 1.50 bits per heavy atom. The first kappa shape index (κ1) is 21.6. The van der Waals surface area contributed by atoms with Crippen LogP contribution in [0, 0.1) is 0 Å². The van der Waals surface area contributed by atoms with Crippen LogP contribution in [-0.4, -0.2) is 23.9 Å². The Kier molecular flexibility index (Phi) is 4.38. The highest BCUT2D eigenvalue weighted by Gasteiger charge is 2.25. The van der Waals surface area contributed by atoms with E-state index in [0.717, 1.165) is 63.5 Å². The van der Waals surface area contributed by atoms with Crippen LogP contribution in [0.5, 0.6) is 0 Å². The topological polar surface area (TPSA) is 48.0 Å². The molecule has 5 heterocycles. The molecule has 0 atom stereocenters. The fraction of sp³-hybridized carbons (Fsp3) is 0.0571. The van der Waals surface area contributed by atoms with E-state index in [1.165, 1.54) is 27.1 Å². The molecule has 0 N–H and O–H groups in total. The Morgan fingerprint density at radius 1 is 0.650 bits per heavy atom. The molecule has 188 valence electrons. The SMILES string of the molecule is C1=c2c3c(c4ccccc4n4c(-c5ccccn5)nc5ccc(c3c54)n2-c2cccc(-c3ccccc3)n2)CC1. The molecule has 0 bridgehead atoms. The summed E-state index contributed by atoms with van der Waals surface area (Å²) in [6.07, 6.45) is 6.20. The molecule has 40 heavy (non-hydrogen) atoms.